The number of carbonyl (C=O) groups is 2. The molecule has 0 rings (SSSR count). The molecule has 0 bridgehead atoms. The van der Waals surface area contributed by atoms with Crippen molar-refractivity contribution in [3.05, 3.63) is 0 Å². The molecular weight excluding hydrogens is 342 g/mol. The molecule has 0 heterocycles. The van der Waals surface area contributed by atoms with Crippen molar-refractivity contribution in [2.45, 2.75) is 97.4 Å². The van der Waals surface area contributed by atoms with Crippen LogP contribution in [-0.2, 0) is 14.3 Å². The molecule has 0 aliphatic carbocycles. The summed E-state index contributed by atoms with van der Waals surface area (Å²) >= 11 is 0. The van der Waals surface area contributed by atoms with Crippen LogP contribution in [0.4, 0.5) is 4.79 Å². The predicted molar refractivity (Wildman–Crippen MR) is 109 cm³/mol. The van der Waals surface area contributed by atoms with Gasteiger partial charge in [0.05, 0.1) is 6.61 Å². The molecule has 0 aromatic heterocycles. The van der Waals surface area contributed by atoms with Crippen LogP contribution in [0.1, 0.15) is 91.4 Å². The molecule has 0 saturated heterocycles. The minimum atomic E-state index is -0.696. The van der Waals surface area contributed by atoms with E-state index in [1.54, 1.807) is 0 Å². The minimum absolute atomic E-state index is 0.117. The number of carbonyl (C=O) groups excluding carboxylic acids is 2. The Morgan fingerprint density at radius 2 is 1.48 bits per heavy atom. The van der Waals surface area contributed by atoms with Crippen molar-refractivity contribution in [3.8, 4) is 12.3 Å². The number of nitrogens with one attached hydrogen (secondary N) is 1. The summed E-state index contributed by atoms with van der Waals surface area (Å²) in [5.74, 6) is 2.06. The molecule has 0 aromatic rings. The molecule has 0 saturated carbocycles. The standard InChI is InChI=1S/C22H39NO4/c1-5-7-8-9-10-11-12-13-14-15-17-26-21(24)20(18-19(3)4)23-22(25)27-16-6-2/h2,19-20H,5,7-18H2,1,3-4H3,(H,23,25). The molecule has 5 heteroatoms. The van der Waals surface area contributed by atoms with Crippen LogP contribution in [0, 0.1) is 18.3 Å². The van der Waals surface area contributed by atoms with Crippen LogP contribution in [0.3, 0.4) is 0 Å². The van der Waals surface area contributed by atoms with Crippen LogP contribution < -0.4 is 5.32 Å². The van der Waals surface area contributed by atoms with Gasteiger partial charge in [0.15, 0.2) is 6.61 Å². The molecule has 1 amide bonds. The summed E-state index contributed by atoms with van der Waals surface area (Å²) in [5, 5.41) is 2.54. The maximum atomic E-state index is 12.2. The second-order valence-corrected chi connectivity index (χ2v) is 7.46. The number of esters is 1. The van der Waals surface area contributed by atoms with Gasteiger partial charge in [-0.05, 0) is 18.8 Å². The summed E-state index contributed by atoms with van der Waals surface area (Å²) in [4.78, 5) is 23.8. The molecule has 27 heavy (non-hydrogen) atoms. The predicted octanol–water partition coefficient (Wildman–Crippen LogP) is 5.22. The molecule has 1 N–H and O–H groups in total. The van der Waals surface area contributed by atoms with Crippen LogP contribution in [0.5, 0.6) is 0 Å². The minimum Gasteiger partial charge on any atom is -0.464 e. The van der Waals surface area contributed by atoms with Gasteiger partial charge in [-0.2, -0.15) is 0 Å². The number of hydrogen-bond donors (Lipinski definition) is 1. The highest BCUT2D eigenvalue weighted by Crippen LogP contribution is 2.11. The maximum Gasteiger partial charge on any atom is 0.408 e. The fourth-order valence-corrected chi connectivity index (χ4v) is 2.84. The highest BCUT2D eigenvalue weighted by molar-refractivity contribution is 5.81. The number of amides is 1. The molecule has 1 unspecified atom stereocenters. The third kappa shape index (κ3) is 16.2. The summed E-state index contributed by atoms with van der Waals surface area (Å²) in [5.41, 5.74) is 0. The maximum absolute atomic E-state index is 12.2. The van der Waals surface area contributed by atoms with E-state index in [0.29, 0.717) is 13.0 Å². The number of hydrogen-bond acceptors (Lipinski definition) is 4. The third-order valence-electron chi connectivity index (χ3n) is 4.31. The molecule has 156 valence electrons. The fourth-order valence-electron chi connectivity index (χ4n) is 2.84. The second-order valence-electron chi connectivity index (χ2n) is 7.46. The molecule has 0 aromatic carbocycles. The molecule has 0 radical (unpaired) electrons. The van der Waals surface area contributed by atoms with Gasteiger partial charge in [0.2, 0.25) is 0 Å². The van der Waals surface area contributed by atoms with E-state index in [2.05, 4.69) is 18.2 Å². The summed E-state index contributed by atoms with van der Waals surface area (Å²) in [6.07, 6.45) is 17.2. The average Bonchev–Trinajstić information content (AvgIpc) is 2.63. The Kier molecular flexibility index (Phi) is 16.6. The lowest BCUT2D eigenvalue weighted by Gasteiger charge is -2.19. The van der Waals surface area contributed by atoms with Crippen LogP contribution in [0.2, 0.25) is 0 Å². The van der Waals surface area contributed by atoms with Crippen molar-refractivity contribution in [3.63, 3.8) is 0 Å². The van der Waals surface area contributed by atoms with E-state index >= 15 is 0 Å². The van der Waals surface area contributed by atoms with Gasteiger partial charge in [0.25, 0.3) is 0 Å². The van der Waals surface area contributed by atoms with Gasteiger partial charge in [-0.25, -0.2) is 9.59 Å². The van der Waals surface area contributed by atoms with Crippen molar-refractivity contribution < 1.29 is 19.1 Å². The van der Waals surface area contributed by atoms with Gasteiger partial charge >= 0.3 is 12.1 Å². The topological polar surface area (TPSA) is 64.6 Å². The van der Waals surface area contributed by atoms with Crippen LogP contribution in [-0.4, -0.2) is 31.3 Å². The first-order chi connectivity index (χ1) is 13.0. The number of alkyl carbamates (subject to hydrolysis) is 1. The second kappa shape index (κ2) is 17.7. The number of terminal acetylenes is 1. The van der Waals surface area contributed by atoms with Gasteiger partial charge in [-0.3, -0.25) is 0 Å². The largest absolute Gasteiger partial charge is 0.464 e. The van der Waals surface area contributed by atoms with E-state index in [9.17, 15) is 9.59 Å². The number of unbranched alkanes of at least 4 members (excludes halogenated alkanes) is 9. The molecule has 0 aliphatic rings. The summed E-state index contributed by atoms with van der Waals surface area (Å²) in [7, 11) is 0. The smallest absolute Gasteiger partial charge is 0.408 e. The highest BCUT2D eigenvalue weighted by atomic mass is 16.6. The zero-order valence-electron chi connectivity index (χ0n) is 17.6. The van der Waals surface area contributed by atoms with Crippen LogP contribution in [0.25, 0.3) is 0 Å². The van der Waals surface area contributed by atoms with E-state index in [4.69, 9.17) is 15.9 Å². The monoisotopic (exact) mass is 381 g/mol. The van der Waals surface area contributed by atoms with Crippen molar-refractivity contribution in [2.75, 3.05) is 13.2 Å². The van der Waals surface area contributed by atoms with Crippen molar-refractivity contribution in [1.29, 1.82) is 0 Å². The Labute approximate surface area is 166 Å². The van der Waals surface area contributed by atoms with Gasteiger partial charge in [-0.15, -0.1) is 6.42 Å². The molecule has 0 fully saturated rings. The van der Waals surface area contributed by atoms with E-state index in [1.165, 1.54) is 51.4 Å². The van der Waals surface area contributed by atoms with Crippen molar-refractivity contribution in [1.82, 2.24) is 5.32 Å². The number of rotatable bonds is 16. The lowest BCUT2D eigenvalue weighted by Crippen LogP contribution is -2.43. The SMILES string of the molecule is C#CCOC(=O)NC(CC(C)C)C(=O)OCCCCCCCCCCCC. The van der Waals surface area contributed by atoms with Crippen LogP contribution in [0.15, 0.2) is 0 Å². The highest BCUT2D eigenvalue weighted by Gasteiger charge is 2.23. The first-order valence-electron chi connectivity index (χ1n) is 10.5. The molecule has 0 spiro atoms. The lowest BCUT2D eigenvalue weighted by atomic mass is 10.0. The Bertz CT molecular complexity index is 429. The van der Waals surface area contributed by atoms with Gasteiger partial charge in [0.1, 0.15) is 6.04 Å². The van der Waals surface area contributed by atoms with E-state index < -0.39 is 18.1 Å². The zero-order valence-corrected chi connectivity index (χ0v) is 17.6. The first-order valence-corrected chi connectivity index (χ1v) is 10.5. The van der Waals surface area contributed by atoms with Crippen LogP contribution >= 0.6 is 0 Å². The quantitative estimate of drug-likeness (QED) is 0.226. The molecular formula is C22H39NO4. The zero-order chi connectivity index (χ0) is 20.3. The number of ether oxygens (including phenoxy) is 2. The van der Waals surface area contributed by atoms with E-state index in [1.807, 2.05) is 13.8 Å². The van der Waals surface area contributed by atoms with E-state index in [-0.39, 0.29) is 12.5 Å². The summed E-state index contributed by atoms with van der Waals surface area (Å²) in [6.45, 7) is 6.48. The summed E-state index contributed by atoms with van der Waals surface area (Å²) in [6, 6.07) is -0.696. The molecule has 5 nitrogen and oxygen atoms in total. The average molecular weight is 382 g/mol. The molecule has 0 aliphatic heterocycles. The van der Waals surface area contributed by atoms with Gasteiger partial charge < -0.3 is 14.8 Å². The van der Waals surface area contributed by atoms with E-state index in [0.717, 1.165) is 12.8 Å². The van der Waals surface area contributed by atoms with Crippen molar-refractivity contribution in [2.24, 2.45) is 5.92 Å². The Balaban J connectivity index is 3.86. The van der Waals surface area contributed by atoms with Gasteiger partial charge in [-0.1, -0.05) is 84.5 Å². The lowest BCUT2D eigenvalue weighted by molar-refractivity contribution is -0.146. The third-order valence-corrected chi connectivity index (χ3v) is 4.31. The normalized spacial score (nSPS) is 11.7. The Morgan fingerprint density at radius 3 is 2.00 bits per heavy atom. The van der Waals surface area contributed by atoms with Crippen molar-refractivity contribution >= 4 is 12.1 Å². The Hall–Kier alpha value is -1.70. The first kappa shape index (κ1) is 25.3. The molecule has 1 atom stereocenters. The van der Waals surface area contributed by atoms with Gasteiger partial charge in [0, 0.05) is 0 Å². The summed E-state index contributed by atoms with van der Waals surface area (Å²) < 4.78 is 10.1. The Morgan fingerprint density at radius 1 is 0.926 bits per heavy atom. The fraction of sp³-hybridized carbons (Fsp3) is 0.818.